The van der Waals surface area contributed by atoms with E-state index in [0.717, 1.165) is 24.5 Å². The van der Waals surface area contributed by atoms with E-state index in [2.05, 4.69) is 15.1 Å². The fourth-order valence-electron chi connectivity index (χ4n) is 2.73. The molecule has 22 heavy (non-hydrogen) atoms. The molecule has 0 aliphatic carbocycles. The van der Waals surface area contributed by atoms with Gasteiger partial charge in [-0.2, -0.15) is 5.10 Å². The van der Waals surface area contributed by atoms with Crippen LogP contribution < -0.4 is 20.1 Å². The van der Waals surface area contributed by atoms with Crippen molar-refractivity contribution in [3.63, 3.8) is 0 Å². The van der Waals surface area contributed by atoms with Crippen molar-refractivity contribution in [1.29, 1.82) is 0 Å². The Hall–Kier alpha value is -2.21. The van der Waals surface area contributed by atoms with Crippen LogP contribution in [0.1, 0.15) is 0 Å². The van der Waals surface area contributed by atoms with Gasteiger partial charge < -0.3 is 14.5 Å². The molecule has 1 aliphatic heterocycles. The average Bonchev–Trinajstić information content (AvgIpc) is 2.55. The number of anilines is 2. The Balaban J connectivity index is 1.77. The summed E-state index contributed by atoms with van der Waals surface area (Å²) < 4.78 is 5.41. The third-order valence-electron chi connectivity index (χ3n) is 3.81. The Morgan fingerprint density at radius 1 is 1.18 bits per heavy atom. The molecule has 2 heterocycles. The maximum absolute atomic E-state index is 11.9. The number of nitrogens with zero attached hydrogens (tertiary/aromatic N) is 3. The zero-order chi connectivity index (χ0) is 15.5. The van der Waals surface area contributed by atoms with Crippen molar-refractivity contribution in [2.24, 2.45) is 0 Å². The minimum atomic E-state index is -0.252. The maximum Gasteiger partial charge on any atom is 0.289 e. The first-order chi connectivity index (χ1) is 10.7. The Bertz CT molecular complexity index is 711. The lowest BCUT2D eigenvalue weighted by Crippen LogP contribution is -2.48. The molecule has 1 N–H and O–H groups in total. The Morgan fingerprint density at radius 2 is 1.86 bits per heavy atom. The summed E-state index contributed by atoms with van der Waals surface area (Å²) in [5, 5.41) is 6.52. The number of ether oxygens (including phenoxy) is 1. The van der Waals surface area contributed by atoms with E-state index in [4.69, 9.17) is 16.3 Å². The average molecular weight is 321 g/mol. The van der Waals surface area contributed by atoms with Gasteiger partial charge in [0.25, 0.3) is 5.56 Å². The van der Waals surface area contributed by atoms with E-state index in [0.29, 0.717) is 23.8 Å². The van der Waals surface area contributed by atoms with Gasteiger partial charge in [-0.1, -0.05) is 23.7 Å². The zero-order valence-corrected chi connectivity index (χ0v) is 13.0. The molecule has 0 spiro atoms. The fourth-order valence-corrected chi connectivity index (χ4v) is 2.98. The zero-order valence-electron chi connectivity index (χ0n) is 12.3. The molecule has 6 nitrogen and oxygen atoms in total. The summed E-state index contributed by atoms with van der Waals surface area (Å²) in [5.41, 5.74) is 1.31. The van der Waals surface area contributed by atoms with Crippen LogP contribution in [0.3, 0.4) is 0 Å². The van der Waals surface area contributed by atoms with Crippen molar-refractivity contribution in [2.45, 2.75) is 0 Å². The number of aromatic amines is 1. The molecule has 1 aromatic heterocycles. The minimum absolute atomic E-state index is 0.252. The third kappa shape index (κ3) is 2.74. The summed E-state index contributed by atoms with van der Waals surface area (Å²) >= 11 is 6.11. The molecule has 1 aliphatic rings. The Kier molecular flexibility index (Phi) is 4.20. The number of H-pyrrole nitrogens is 1. The number of nitrogens with one attached hydrogen (secondary N) is 1. The third-order valence-corrected chi connectivity index (χ3v) is 4.08. The largest absolute Gasteiger partial charge is 0.495 e. The minimum Gasteiger partial charge on any atom is -0.495 e. The van der Waals surface area contributed by atoms with E-state index in [1.165, 1.54) is 6.20 Å². The van der Waals surface area contributed by atoms with Crippen LogP contribution >= 0.6 is 11.6 Å². The van der Waals surface area contributed by atoms with Gasteiger partial charge in [0.1, 0.15) is 11.4 Å². The Morgan fingerprint density at radius 3 is 2.55 bits per heavy atom. The van der Waals surface area contributed by atoms with Crippen molar-refractivity contribution in [1.82, 2.24) is 10.2 Å². The first-order valence-corrected chi connectivity index (χ1v) is 7.44. The van der Waals surface area contributed by atoms with Gasteiger partial charge in [-0.3, -0.25) is 4.79 Å². The lowest BCUT2D eigenvalue weighted by molar-refractivity contribution is 0.413. The lowest BCUT2D eigenvalue weighted by Gasteiger charge is -2.37. The molecule has 3 rings (SSSR count). The van der Waals surface area contributed by atoms with Gasteiger partial charge in [0.15, 0.2) is 0 Å². The molecule has 1 aromatic carbocycles. The maximum atomic E-state index is 11.9. The highest BCUT2D eigenvalue weighted by atomic mass is 35.5. The normalized spacial score (nSPS) is 15.0. The predicted molar refractivity (Wildman–Crippen MR) is 87.3 cm³/mol. The molecule has 1 fully saturated rings. The number of aromatic nitrogens is 2. The van der Waals surface area contributed by atoms with Gasteiger partial charge in [-0.25, -0.2) is 5.10 Å². The molecule has 0 unspecified atom stereocenters. The number of methoxy groups -OCH3 is 1. The predicted octanol–water partition coefficient (Wildman–Crippen LogP) is 1.76. The van der Waals surface area contributed by atoms with E-state index in [1.807, 2.05) is 29.2 Å². The molecule has 0 bridgehead atoms. The number of hydrogen-bond donors (Lipinski definition) is 1. The number of para-hydroxylation sites is 2. The molecular formula is C15H17ClN4O2. The van der Waals surface area contributed by atoms with Gasteiger partial charge in [0.05, 0.1) is 24.0 Å². The monoisotopic (exact) mass is 320 g/mol. The van der Waals surface area contributed by atoms with Gasteiger partial charge in [-0.15, -0.1) is 0 Å². The highest BCUT2D eigenvalue weighted by Crippen LogP contribution is 2.29. The Labute approximate surface area is 133 Å². The highest BCUT2D eigenvalue weighted by Gasteiger charge is 2.22. The SMILES string of the molecule is COc1ccccc1N1CCN(c2c(Cl)cn[nH]c2=O)CC1. The second kappa shape index (κ2) is 6.27. The molecule has 0 amide bonds. The first-order valence-electron chi connectivity index (χ1n) is 7.07. The van der Waals surface area contributed by atoms with Crippen molar-refractivity contribution in [2.75, 3.05) is 43.1 Å². The summed E-state index contributed by atoms with van der Waals surface area (Å²) in [6.45, 7) is 3.01. The van der Waals surface area contributed by atoms with E-state index >= 15 is 0 Å². The molecule has 0 radical (unpaired) electrons. The van der Waals surface area contributed by atoms with Crippen LogP contribution in [0.25, 0.3) is 0 Å². The van der Waals surface area contributed by atoms with Crippen molar-refractivity contribution < 1.29 is 4.74 Å². The molecule has 116 valence electrons. The second-order valence-electron chi connectivity index (χ2n) is 5.04. The topological polar surface area (TPSA) is 61.5 Å². The lowest BCUT2D eigenvalue weighted by atomic mass is 10.2. The van der Waals surface area contributed by atoms with E-state index in [1.54, 1.807) is 7.11 Å². The van der Waals surface area contributed by atoms with Gasteiger partial charge >= 0.3 is 0 Å². The first kappa shape index (κ1) is 14.7. The van der Waals surface area contributed by atoms with Crippen LogP contribution in [0, 0.1) is 0 Å². The highest BCUT2D eigenvalue weighted by molar-refractivity contribution is 6.33. The van der Waals surface area contributed by atoms with E-state index < -0.39 is 0 Å². The second-order valence-corrected chi connectivity index (χ2v) is 5.45. The summed E-state index contributed by atoms with van der Waals surface area (Å²) in [6, 6.07) is 7.94. The summed E-state index contributed by atoms with van der Waals surface area (Å²) in [5.74, 6) is 0.857. The van der Waals surface area contributed by atoms with Gasteiger partial charge in [0, 0.05) is 26.2 Å². The van der Waals surface area contributed by atoms with Crippen molar-refractivity contribution >= 4 is 23.0 Å². The quantitative estimate of drug-likeness (QED) is 0.933. The fraction of sp³-hybridized carbons (Fsp3) is 0.333. The number of hydrogen-bond acceptors (Lipinski definition) is 5. The molecule has 1 saturated heterocycles. The standard InChI is InChI=1S/C15H17ClN4O2/c1-22-13-5-3-2-4-12(13)19-6-8-20(9-7-19)14-11(16)10-17-18-15(14)21/h2-5,10H,6-9H2,1H3,(H,18,21). The van der Waals surface area contributed by atoms with Crippen LogP contribution in [-0.2, 0) is 0 Å². The van der Waals surface area contributed by atoms with E-state index in [-0.39, 0.29) is 5.56 Å². The van der Waals surface area contributed by atoms with Gasteiger partial charge in [0.2, 0.25) is 0 Å². The van der Waals surface area contributed by atoms with Crippen LogP contribution in [0.2, 0.25) is 5.02 Å². The van der Waals surface area contributed by atoms with Crippen LogP contribution in [0.5, 0.6) is 5.75 Å². The number of halogens is 1. The number of piperazine rings is 1. The summed E-state index contributed by atoms with van der Waals surface area (Å²) in [6.07, 6.45) is 1.46. The number of benzene rings is 1. The van der Waals surface area contributed by atoms with E-state index in [9.17, 15) is 4.79 Å². The summed E-state index contributed by atoms with van der Waals surface area (Å²) in [7, 11) is 1.67. The van der Waals surface area contributed by atoms with Crippen molar-refractivity contribution in [3.05, 3.63) is 45.8 Å². The van der Waals surface area contributed by atoms with Gasteiger partial charge in [-0.05, 0) is 12.1 Å². The smallest absolute Gasteiger partial charge is 0.289 e. The summed E-state index contributed by atoms with van der Waals surface area (Å²) in [4.78, 5) is 16.2. The van der Waals surface area contributed by atoms with Crippen LogP contribution in [0.4, 0.5) is 11.4 Å². The molecule has 0 saturated carbocycles. The molecular weight excluding hydrogens is 304 g/mol. The molecule has 0 atom stereocenters. The van der Waals surface area contributed by atoms with Crippen LogP contribution in [-0.4, -0.2) is 43.5 Å². The van der Waals surface area contributed by atoms with Crippen LogP contribution in [0.15, 0.2) is 35.3 Å². The number of rotatable bonds is 3. The van der Waals surface area contributed by atoms with Crippen molar-refractivity contribution in [3.8, 4) is 5.75 Å². The molecule has 7 heteroatoms. The molecule has 2 aromatic rings.